The Labute approximate surface area is 198 Å². The first kappa shape index (κ1) is 27.8. The fraction of sp³-hybridized carbons (Fsp3) is 0.350. The fourth-order valence-electron chi connectivity index (χ4n) is 3.16. The molecule has 1 heterocycles. The van der Waals surface area contributed by atoms with Gasteiger partial charge < -0.3 is 22.0 Å². The van der Waals surface area contributed by atoms with E-state index in [1.807, 2.05) is 13.8 Å². The number of anilines is 1. The van der Waals surface area contributed by atoms with Crippen LogP contribution in [-0.2, 0) is 19.7 Å². The van der Waals surface area contributed by atoms with Crippen molar-refractivity contribution in [3.8, 4) is 0 Å². The second-order valence-corrected chi connectivity index (χ2v) is 9.28. The number of aromatic nitrogens is 1. The highest BCUT2D eigenvalue weighted by atomic mass is 35.5. The number of benzene rings is 1. The summed E-state index contributed by atoms with van der Waals surface area (Å²) in [6.45, 7) is 6.82. The van der Waals surface area contributed by atoms with Crippen molar-refractivity contribution in [3.05, 3.63) is 58.0 Å². The molecular formula is C20H29ClN6O5S. The number of carbonyl (C=O) groups excluding carboxylic acids is 1. The molecule has 2 aromatic rings. The van der Waals surface area contributed by atoms with Crippen molar-refractivity contribution in [3.63, 3.8) is 0 Å². The number of oxime groups is 1. The van der Waals surface area contributed by atoms with Crippen LogP contribution in [-0.4, -0.2) is 31.0 Å². The largest absolute Gasteiger partial charge is 0.387 e. The van der Waals surface area contributed by atoms with E-state index in [2.05, 4.69) is 9.88 Å². The predicted molar refractivity (Wildman–Crippen MR) is 129 cm³/mol. The van der Waals surface area contributed by atoms with Crippen molar-refractivity contribution in [1.29, 1.82) is 0 Å². The summed E-state index contributed by atoms with van der Waals surface area (Å²) in [5.41, 5.74) is 16.3. The van der Waals surface area contributed by atoms with Crippen LogP contribution in [0, 0.1) is 6.92 Å². The molecule has 33 heavy (non-hydrogen) atoms. The molecule has 0 aliphatic heterocycles. The molecule has 2 atom stereocenters. The lowest BCUT2D eigenvalue weighted by molar-refractivity contribution is -0.125. The topological polar surface area (TPSA) is 185 Å². The van der Waals surface area contributed by atoms with E-state index in [4.69, 9.17) is 22.0 Å². The lowest BCUT2D eigenvalue weighted by atomic mass is 10.1. The molecule has 0 saturated heterocycles. The van der Waals surface area contributed by atoms with Crippen LogP contribution in [0.25, 0.3) is 0 Å². The van der Waals surface area contributed by atoms with Crippen LogP contribution in [0.4, 0.5) is 5.69 Å². The maximum absolute atomic E-state index is 13.3. The molecule has 0 aliphatic carbocycles. The number of aryl methyl sites for hydroxylation is 1. The summed E-state index contributed by atoms with van der Waals surface area (Å²) in [5, 5.41) is 3.42. The Hall–Kier alpha value is -3.25. The molecule has 0 saturated carbocycles. The standard InChI is InChI=1S/C20H28N6O5S.ClH/c1-11(2)16-9-8-15(25-32(29,30)14-7-5-6-12(3)10-14)19(28)26(16)17(18(21)27)13(4)31-24-20(22)23;/h5-11,13,17,25H,1-4H3,(H2,21,27)(H4,22,23,24);1H. The number of nitrogens with one attached hydrogen (secondary N) is 1. The number of carbonyl (C=O) groups is 1. The van der Waals surface area contributed by atoms with E-state index in [1.165, 1.54) is 25.1 Å². The molecule has 0 aliphatic rings. The average molecular weight is 501 g/mol. The molecule has 182 valence electrons. The third-order valence-corrected chi connectivity index (χ3v) is 5.99. The van der Waals surface area contributed by atoms with Crippen molar-refractivity contribution in [2.45, 2.75) is 50.7 Å². The number of amides is 1. The number of guanidine groups is 1. The molecule has 0 spiro atoms. The fourth-order valence-corrected chi connectivity index (χ4v) is 4.32. The Morgan fingerprint density at radius 3 is 2.27 bits per heavy atom. The minimum absolute atomic E-state index is 0. The Balaban J connectivity index is 0.00000544. The normalized spacial score (nSPS) is 12.9. The Morgan fingerprint density at radius 2 is 1.76 bits per heavy atom. The van der Waals surface area contributed by atoms with Gasteiger partial charge in [-0.15, -0.1) is 12.4 Å². The zero-order chi connectivity index (χ0) is 24.2. The smallest absolute Gasteiger partial charge is 0.275 e. The van der Waals surface area contributed by atoms with Crippen LogP contribution in [0.15, 0.2) is 51.2 Å². The molecule has 0 bridgehead atoms. The number of nitrogens with two attached hydrogens (primary N) is 3. The van der Waals surface area contributed by atoms with Gasteiger partial charge >= 0.3 is 0 Å². The quantitative estimate of drug-likeness (QED) is 0.225. The summed E-state index contributed by atoms with van der Waals surface area (Å²) < 4.78 is 29.1. The van der Waals surface area contributed by atoms with Crippen molar-refractivity contribution < 1.29 is 18.0 Å². The van der Waals surface area contributed by atoms with Crippen LogP contribution in [0.2, 0.25) is 0 Å². The molecule has 2 unspecified atom stereocenters. The highest BCUT2D eigenvalue weighted by Gasteiger charge is 2.31. The van der Waals surface area contributed by atoms with Crippen molar-refractivity contribution in [1.82, 2.24) is 4.57 Å². The number of halogens is 1. The second-order valence-electron chi connectivity index (χ2n) is 7.60. The van der Waals surface area contributed by atoms with Gasteiger partial charge in [0.15, 0.2) is 12.1 Å². The molecule has 0 radical (unpaired) electrons. The van der Waals surface area contributed by atoms with E-state index in [-0.39, 0.29) is 34.9 Å². The zero-order valence-corrected chi connectivity index (χ0v) is 20.3. The number of nitrogens with zero attached hydrogens (tertiary/aromatic N) is 2. The Bertz CT molecular complexity index is 1190. The van der Waals surface area contributed by atoms with Gasteiger partial charge in [-0.05, 0) is 54.8 Å². The predicted octanol–water partition coefficient (Wildman–Crippen LogP) is 1.12. The first-order chi connectivity index (χ1) is 14.8. The molecule has 2 rings (SSSR count). The molecule has 1 amide bonds. The molecule has 0 fully saturated rings. The molecular weight excluding hydrogens is 472 g/mol. The summed E-state index contributed by atoms with van der Waals surface area (Å²) in [6, 6.07) is 7.81. The number of rotatable bonds is 9. The number of hydrogen-bond acceptors (Lipinski definition) is 6. The van der Waals surface area contributed by atoms with Gasteiger partial charge in [-0.3, -0.25) is 18.9 Å². The molecule has 11 nitrogen and oxygen atoms in total. The summed E-state index contributed by atoms with van der Waals surface area (Å²) in [7, 11) is -4.06. The first-order valence-electron chi connectivity index (χ1n) is 9.74. The Morgan fingerprint density at radius 1 is 1.12 bits per heavy atom. The van der Waals surface area contributed by atoms with Gasteiger partial charge in [0.2, 0.25) is 11.9 Å². The lowest BCUT2D eigenvalue weighted by Gasteiger charge is -2.26. The van der Waals surface area contributed by atoms with Gasteiger partial charge in [-0.25, -0.2) is 8.42 Å². The van der Waals surface area contributed by atoms with E-state index in [0.29, 0.717) is 5.69 Å². The SMILES string of the molecule is Cc1cccc(S(=O)(=O)Nc2ccc(C(C)C)n(C(C(N)=O)C(C)ON=C(N)N)c2=O)c1.Cl. The first-order valence-corrected chi connectivity index (χ1v) is 11.2. The van der Waals surface area contributed by atoms with Gasteiger partial charge in [0, 0.05) is 5.69 Å². The molecule has 1 aromatic heterocycles. The zero-order valence-electron chi connectivity index (χ0n) is 18.7. The van der Waals surface area contributed by atoms with Crippen molar-refractivity contribution in [2.24, 2.45) is 22.4 Å². The van der Waals surface area contributed by atoms with Crippen LogP contribution >= 0.6 is 12.4 Å². The third kappa shape index (κ3) is 6.62. The summed E-state index contributed by atoms with van der Waals surface area (Å²) in [6.07, 6.45) is -1.03. The van der Waals surface area contributed by atoms with Gasteiger partial charge in [0.25, 0.3) is 15.6 Å². The minimum atomic E-state index is -4.06. The number of primary amides is 1. The maximum Gasteiger partial charge on any atom is 0.275 e. The Kier molecular flexibility index (Phi) is 9.31. The van der Waals surface area contributed by atoms with Crippen LogP contribution < -0.4 is 27.5 Å². The molecule has 1 aromatic carbocycles. The second kappa shape index (κ2) is 11.1. The monoisotopic (exact) mass is 500 g/mol. The van der Waals surface area contributed by atoms with Crippen molar-refractivity contribution >= 4 is 40.0 Å². The number of hydrogen-bond donors (Lipinski definition) is 4. The van der Waals surface area contributed by atoms with E-state index < -0.39 is 33.6 Å². The summed E-state index contributed by atoms with van der Waals surface area (Å²) in [4.78, 5) is 30.8. The van der Waals surface area contributed by atoms with E-state index in [9.17, 15) is 18.0 Å². The van der Waals surface area contributed by atoms with E-state index >= 15 is 0 Å². The maximum atomic E-state index is 13.3. The van der Waals surface area contributed by atoms with Gasteiger partial charge in [0.1, 0.15) is 5.69 Å². The van der Waals surface area contributed by atoms with Crippen molar-refractivity contribution in [2.75, 3.05) is 4.72 Å². The molecule has 13 heteroatoms. The summed E-state index contributed by atoms with van der Waals surface area (Å²) >= 11 is 0. The average Bonchev–Trinajstić information content (AvgIpc) is 2.68. The molecule has 7 N–H and O–H groups in total. The van der Waals surface area contributed by atoms with Crippen LogP contribution in [0.3, 0.4) is 0 Å². The highest BCUT2D eigenvalue weighted by Crippen LogP contribution is 2.23. The highest BCUT2D eigenvalue weighted by molar-refractivity contribution is 7.92. The van der Waals surface area contributed by atoms with Crippen LogP contribution in [0.1, 0.15) is 44.0 Å². The van der Waals surface area contributed by atoms with Gasteiger partial charge in [-0.1, -0.05) is 26.0 Å². The minimum Gasteiger partial charge on any atom is -0.387 e. The van der Waals surface area contributed by atoms with Gasteiger partial charge in [-0.2, -0.15) is 0 Å². The van der Waals surface area contributed by atoms with Crippen LogP contribution in [0.5, 0.6) is 0 Å². The number of pyridine rings is 1. The van der Waals surface area contributed by atoms with E-state index in [1.54, 1.807) is 25.1 Å². The lowest BCUT2D eigenvalue weighted by Crippen LogP contribution is -2.43. The number of sulfonamides is 1. The van der Waals surface area contributed by atoms with Gasteiger partial charge in [0.05, 0.1) is 4.90 Å². The summed E-state index contributed by atoms with van der Waals surface area (Å²) in [5.74, 6) is -1.47. The third-order valence-electron chi connectivity index (χ3n) is 4.62. The van der Waals surface area contributed by atoms with E-state index in [0.717, 1.165) is 10.1 Å².